The Morgan fingerprint density at radius 2 is 1.93 bits per heavy atom. The molecule has 0 saturated heterocycles. The molecule has 144 valence electrons. The molecule has 2 aromatic carbocycles. The predicted molar refractivity (Wildman–Crippen MR) is 101 cm³/mol. The van der Waals surface area contributed by atoms with Crippen molar-refractivity contribution in [2.24, 2.45) is 0 Å². The van der Waals surface area contributed by atoms with Gasteiger partial charge in [-0.15, -0.1) is 0 Å². The van der Waals surface area contributed by atoms with E-state index in [1.54, 1.807) is 19.1 Å². The quantitative estimate of drug-likeness (QED) is 0.451. The molecule has 0 bridgehead atoms. The molecular weight excluding hydrogens is 409 g/mol. The number of hydrogen-bond donors (Lipinski definition) is 1. The van der Waals surface area contributed by atoms with Crippen LogP contribution in [0.25, 0.3) is 0 Å². The Labute approximate surface area is 169 Å². The van der Waals surface area contributed by atoms with Gasteiger partial charge in [-0.3, -0.25) is 29.4 Å². The summed E-state index contributed by atoms with van der Waals surface area (Å²) in [4.78, 5) is 48.4. The molecule has 0 aliphatic carbocycles. The van der Waals surface area contributed by atoms with Crippen molar-refractivity contribution in [1.82, 2.24) is 10.2 Å². The van der Waals surface area contributed by atoms with Crippen LogP contribution in [0, 0.1) is 10.1 Å². The van der Waals surface area contributed by atoms with Gasteiger partial charge in [-0.2, -0.15) is 0 Å². The van der Waals surface area contributed by atoms with Gasteiger partial charge >= 0.3 is 0 Å². The highest BCUT2D eigenvalue weighted by molar-refractivity contribution is 6.35. The van der Waals surface area contributed by atoms with Crippen LogP contribution in [0.3, 0.4) is 0 Å². The van der Waals surface area contributed by atoms with E-state index in [0.29, 0.717) is 20.5 Å². The van der Waals surface area contributed by atoms with Gasteiger partial charge in [-0.1, -0.05) is 35.3 Å². The Bertz CT molecular complexity index is 1020. The molecule has 3 rings (SSSR count). The number of halogens is 2. The zero-order valence-corrected chi connectivity index (χ0v) is 16.0. The molecule has 1 atom stereocenters. The fourth-order valence-electron chi connectivity index (χ4n) is 2.97. The molecule has 0 aromatic heterocycles. The maximum Gasteiger partial charge on any atom is 0.282 e. The van der Waals surface area contributed by atoms with Crippen molar-refractivity contribution in [1.29, 1.82) is 0 Å². The standard InChI is InChI=1S/C18H13Cl2N3O5/c1-9(11-6-5-10(19)7-13(11)20)21-15(24)8-22-17(25)12-3-2-4-14(23(27)28)16(12)18(22)26/h2-7,9H,8H2,1H3,(H,21,24)/t9-/m1/s1. The third-order valence-corrected chi connectivity index (χ3v) is 4.84. The minimum Gasteiger partial charge on any atom is -0.348 e. The van der Waals surface area contributed by atoms with E-state index in [2.05, 4.69) is 5.32 Å². The van der Waals surface area contributed by atoms with Gasteiger partial charge in [-0.05, 0) is 30.7 Å². The van der Waals surface area contributed by atoms with Gasteiger partial charge in [0, 0.05) is 16.1 Å². The second kappa shape index (κ2) is 7.57. The van der Waals surface area contributed by atoms with E-state index in [4.69, 9.17) is 23.2 Å². The van der Waals surface area contributed by atoms with Crippen molar-refractivity contribution < 1.29 is 19.3 Å². The molecule has 1 aliphatic heterocycles. The molecule has 0 saturated carbocycles. The number of nitrogens with one attached hydrogen (secondary N) is 1. The first-order chi connectivity index (χ1) is 13.2. The van der Waals surface area contributed by atoms with E-state index in [9.17, 15) is 24.5 Å². The normalized spacial score (nSPS) is 14.0. The lowest BCUT2D eigenvalue weighted by atomic mass is 10.1. The Morgan fingerprint density at radius 1 is 1.21 bits per heavy atom. The third kappa shape index (κ3) is 3.56. The van der Waals surface area contributed by atoms with Gasteiger partial charge in [-0.25, -0.2) is 0 Å². The van der Waals surface area contributed by atoms with Crippen LogP contribution < -0.4 is 5.32 Å². The zero-order chi connectivity index (χ0) is 20.6. The molecule has 3 amide bonds. The summed E-state index contributed by atoms with van der Waals surface area (Å²) in [5.41, 5.74) is -0.266. The molecule has 10 heteroatoms. The topological polar surface area (TPSA) is 110 Å². The van der Waals surface area contributed by atoms with E-state index in [-0.39, 0.29) is 11.1 Å². The Hall–Kier alpha value is -2.97. The number of hydrogen-bond acceptors (Lipinski definition) is 5. The van der Waals surface area contributed by atoms with Gasteiger partial charge in [0.1, 0.15) is 12.1 Å². The van der Waals surface area contributed by atoms with Crippen molar-refractivity contribution in [3.05, 3.63) is 73.2 Å². The lowest BCUT2D eigenvalue weighted by Crippen LogP contribution is -2.41. The van der Waals surface area contributed by atoms with Crippen LogP contribution in [0.4, 0.5) is 5.69 Å². The fourth-order valence-corrected chi connectivity index (χ4v) is 3.54. The number of rotatable bonds is 5. The van der Waals surface area contributed by atoms with Crippen molar-refractivity contribution in [2.45, 2.75) is 13.0 Å². The highest BCUT2D eigenvalue weighted by Gasteiger charge is 2.41. The zero-order valence-electron chi connectivity index (χ0n) is 14.4. The summed E-state index contributed by atoms with van der Waals surface area (Å²) in [6, 6.07) is 8.06. The van der Waals surface area contributed by atoms with Crippen molar-refractivity contribution >= 4 is 46.6 Å². The summed E-state index contributed by atoms with van der Waals surface area (Å²) in [5.74, 6) is -2.24. The Kier molecular flexibility index (Phi) is 5.35. The lowest BCUT2D eigenvalue weighted by Gasteiger charge is -2.18. The Morgan fingerprint density at radius 3 is 2.57 bits per heavy atom. The van der Waals surface area contributed by atoms with Gasteiger partial charge in [0.2, 0.25) is 5.91 Å². The summed E-state index contributed by atoms with van der Waals surface area (Å²) < 4.78 is 0. The largest absolute Gasteiger partial charge is 0.348 e. The van der Waals surface area contributed by atoms with Crippen LogP contribution in [0.5, 0.6) is 0 Å². The molecule has 2 aromatic rings. The molecule has 1 N–H and O–H groups in total. The van der Waals surface area contributed by atoms with E-state index >= 15 is 0 Å². The first-order valence-corrected chi connectivity index (χ1v) is 8.84. The molecule has 1 heterocycles. The van der Waals surface area contributed by atoms with Crippen molar-refractivity contribution in [3.63, 3.8) is 0 Å². The van der Waals surface area contributed by atoms with Crippen LogP contribution in [-0.2, 0) is 4.79 Å². The second-order valence-electron chi connectivity index (χ2n) is 6.11. The number of benzene rings is 2. The molecule has 0 radical (unpaired) electrons. The van der Waals surface area contributed by atoms with Crippen LogP contribution in [0.1, 0.15) is 39.2 Å². The Balaban J connectivity index is 1.76. The van der Waals surface area contributed by atoms with Gasteiger partial charge in [0.25, 0.3) is 17.5 Å². The van der Waals surface area contributed by atoms with E-state index in [1.165, 1.54) is 18.2 Å². The number of nitrogens with zero attached hydrogens (tertiary/aromatic N) is 2. The molecule has 1 aliphatic rings. The van der Waals surface area contributed by atoms with Crippen LogP contribution in [-0.4, -0.2) is 34.1 Å². The number of carbonyl (C=O) groups excluding carboxylic acids is 3. The number of nitro groups is 1. The van der Waals surface area contributed by atoms with Gasteiger partial charge < -0.3 is 5.32 Å². The van der Waals surface area contributed by atoms with Gasteiger partial charge in [0.05, 0.1) is 16.5 Å². The molecule has 0 unspecified atom stereocenters. The minimum absolute atomic E-state index is 0.0965. The lowest BCUT2D eigenvalue weighted by molar-refractivity contribution is -0.385. The van der Waals surface area contributed by atoms with E-state index in [0.717, 1.165) is 6.07 Å². The third-order valence-electron chi connectivity index (χ3n) is 4.28. The van der Waals surface area contributed by atoms with Crippen LogP contribution in [0.15, 0.2) is 36.4 Å². The molecule has 8 nitrogen and oxygen atoms in total. The smallest absolute Gasteiger partial charge is 0.282 e. The van der Waals surface area contributed by atoms with Crippen molar-refractivity contribution in [2.75, 3.05) is 6.54 Å². The monoisotopic (exact) mass is 421 g/mol. The van der Waals surface area contributed by atoms with Gasteiger partial charge in [0.15, 0.2) is 0 Å². The van der Waals surface area contributed by atoms with E-state index < -0.39 is 40.9 Å². The number of imide groups is 1. The molecule has 28 heavy (non-hydrogen) atoms. The number of amides is 3. The second-order valence-corrected chi connectivity index (χ2v) is 6.95. The SMILES string of the molecule is C[C@@H](NC(=O)CN1C(=O)c2cccc([N+](=O)[O-])c2C1=O)c1ccc(Cl)cc1Cl. The first kappa shape index (κ1) is 19.8. The minimum atomic E-state index is -0.875. The number of carbonyl (C=O) groups is 3. The average Bonchev–Trinajstić information content (AvgIpc) is 2.86. The summed E-state index contributed by atoms with van der Waals surface area (Å²) in [6.45, 7) is 1.11. The van der Waals surface area contributed by atoms with Crippen LogP contribution >= 0.6 is 23.2 Å². The fraction of sp³-hybridized carbons (Fsp3) is 0.167. The summed E-state index contributed by atoms with van der Waals surface area (Å²) in [7, 11) is 0. The first-order valence-electron chi connectivity index (χ1n) is 8.08. The summed E-state index contributed by atoms with van der Waals surface area (Å²) in [6.07, 6.45) is 0. The number of nitro benzene ring substituents is 1. The molecular formula is C18H13Cl2N3O5. The summed E-state index contributed by atoms with van der Waals surface area (Å²) in [5, 5.41) is 14.6. The average molecular weight is 422 g/mol. The van der Waals surface area contributed by atoms with Crippen molar-refractivity contribution in [3.8, 4) is 0 Å². The summed E-state index contributed by atoms with van der Waals surface area (Å²) >= 11 is 12.0. The maximum absolute atomic E-state index is 12.5. The molecule has 0 fully saturated rings. The maximum atomic E-state index is 12.5. The predicted octanol–water partition coefficient (Wildman–Crippen LogP) is 3.38. The number of fused-ring (bicyclic) bond motifs is 1. The molecule has 0 spiro atoms. The highest BCUT2D eigenvalue weighted by Crippen LogP contribution is 2.31. The van der Waals surface area contributed by atoms with Crippen LogP contribution in [0.2, 0.25) is 10.0 Å². The van der Waals surface area contributed by atoms with E-state index in [1.807, 2.05) is 0 Å². The highest BCUT2D eigenvalue weighted by atomic mass is 35.5.